The molecule has 1 aromatic rings. The van der Waals surface area contributed by atoms with Gasteiger partial charge in [-0.15, -0.1) is 5.10 Å². The molecule has 1 N–H and O–H groups in total. The van der Waals surface area contributed by atoms with Crippen molar-refractivity contribution in [3.8, 4) is 0 Å². The zero-order chi connectivity index (χ0) is 15.8. The minimum absolute atomic E-state index is 0.0887. The summed E-state index contributed by atoms with van der Waals surface area (Å²) in [5, 5.41) is 11.5. The lowest BCUT2D eigenvalue weighted by molar-refractivity contribution is -0.133. The van der Waals surface area contributed by atoms with Gasteiger partial charge in [0.15, 0.2) is 5.82 Å². The molecule has 0 radical (unpaired) electrons. The zero-order valence-corrected chi connectivity index (χ0v) is 13.6. The van der Waals surface area contributed by atoms with Crippen molar-refractivity contribution < 1.29 is 9.53 Å². The summed E-state index contributed by atoms with van der Waals surface area (Å²) in [7, 11) is 0. The first-order valence-corrected chi connectivity index (χ1v) is 8.70. The molecule has 4 rings (SSSR count). The molecular weight excluding hydrogens is 292 g/mol. The van der Waals surface area contributed by atoms with Crippen molar-refractivity contribution in [1.29, 1.82) is 0 Å². The molecule has 124 valence electrons. The highest BCUT2D eigenvalue weighted by molar-refractivity contribution is 5.81. The summed E-state index contributed by atoms with van der Waals surface area (Å²) in [5.41, 5.74) is 0.925. The van der Waals surface area contributed by atoms with Crippen LogP contribution < -0.4 is 10.2 Å². The molecule has 3 fully saturated rings. The van der Waals surface area contributed by atoms with Crippen LogP contribution in [0.15, 0.2) is 12.1 Å². The molecule has 2 saturated heterocycles. The molecule has 6 nitrogen and oxygen atoms in total. The number of nitrogens with one attached hydrogen (secondary N) is 1. The fourth-order valence-corrected chi connectivity index (χ4v) is 3.71. The van der Waals surface area contributed by atoms with Crippen molar-refractivity contribution in [3.05, 3.63) is 17.8 Å². The van der Waals surface area contributed by atoms with Gasteiger partial charge in [0.25, 0.3) is 0 Å². The first kappa shape index (κ1) is 14.9. The molecule has 3 aliphatic rings. The number of amides is 1. The highest BCUT2D eigenvalue weighted by Gasteiger charge is 2.42. The van der Waals surface area contributed by atoms with Gasteiger partial charge in [-0.05, 0) is 57.1 Å². The molecule has 0 spiro atoms. The molecule has 23 heavy (non-hydrogen) atoms. The van der Waals surface area contributed by atoms with Crippen LogP contribution in [0, 0.1) is 12.8 Å². The Morgan fingerprint density at radius 1 is 1.30 bits per heavy atom. The van der Waals surface area contributed by atoms with E-state index in [0.717, 1.165) is 50.3 Å². The van der Waals surface area contributed by atoms with Crippen LogP contribution in [0.25, 0.3) is 0 Å². The summed E-state index contributed by atoms with van der Waals surface area (Å²) in [4.78, 5) is 14.5. The summed E-state index contributed by atoms with van der Waals surface area (Å²) in [6.07, 6.45) is 5.23. The van der Waals surface area contributed by atoms with E-state index in [-0.39, 0.29) is 18.1 Å². The number of aryl methyl sites for hydroxylation is 1. The number of carbonyl (C=O) groups excluding carboxylic acids is 1. The molecule has 1 saturated carbocycles. The highest BCUT2D eigenvalue weighted by atomic mass is 16.5. The van der Waals surface area contributed by atoms with Gasteiger partial charge < -0.3 is 15.0 Å². The number of fused-ring (bicyclic) bond motifs is 1. The number of aromatic nitrogens is 2. The van der Waals surface area contributed by atoms with Crippen LogP contribution in [0.4, 0.5) is 5.82 Å². The molecule has 1 aromatic heterocycles. The van der Waals surface area contributed by atoms with Gasteiger partial charge in [-0.25, -0.2) is 0 Å². The number of hydrogen-bond donors (Lipinski definition) is 1. The molecular formula is C17H24N4O2. The van der Waals surface area contributed by atoms with Gasteiger partial charge in [-0.2, -0.15) is 5.10 Å². The molecule has 3 atom stereocenters. The standard InChI is InChI=1S/C17H24N4O2/c1-11-5-6-16(20-19-11)21-8-7-12-9-14(23-15(12)10-21)17(22)18-13-3-2-4-13/h5-6,12-15H,2-4,7-10H2,1H3,(H,18,22)/t12-,14+,15-/m1/s1. The van der Waals surface area contributed by atoms with E-state index in [1.165, 1.54) is 6.42 Å². The van der Waals surface area contributed by atoms with Gasteiger partial charge >= 0.3 is 0 Å². The number of carbonyl (C=O) groups is 1. The first-order valence-electron chi connectivity index (χ1n) is 8.70. The largest absolute Gasteiger partial charge is 0.363 e. The van der Waals surface area contributed by atoms with E-state index in [2.05, 4.69) is 20.4 Å². The molecule has 0 bridgehead atoms. The van der Waals surface area contributed by atoms with E-state index in [1.807, 2.05) is 19.1 Å². The predicted octanol–water partition coefficient (Wildman–Crippen LogP) is 1.44. The van der Waals surface area contributed by atoms with Crippen LogP contribution in [-0.4, -0.2) is 47.4 Å². The van der Waals surface area contributed by atoms with Gasteiger partial charge in [0.05, 0.1) is 11.8 Å². The second-order valence-corrected chi connectivity index (χ2v) is 7.06. The maximum absolute atomic E-state index is 12.3. The van der Waals surface area contributed by atoms with Gasteiger partial charge in [0.1, 0.15) is 6.10 Å². The Morgan fingerprint density at radius 2 is 2.17 bits per heavy atom. The Labute approximate surface area is 136 Å². The Balaban J connectivity index is 1.36. The van der Waals surface area contributed by atoms with Gasteiger partial charge in [0, 0.05) is 19.1 Å². The van der Waals surface area contributed by atoms with E-state index in [1.54, 1.807) is 0 Å². The lowest BCUT2D eigenvalue weighted by Crippen LogP contribution is -2.45. The van der Waals surface area contributed by atoms with Crippen LogP contribution in [0.2, 0.25) is 0 Å². The van der Waals surface area contributed by atoms with Crippen molar-refractivity contribution in [2.24, 2.45) is 5.92 Å². The summed E-state index contributed by atoms with van der Waals surface area (Å²) in [6, 6.07) is 4.38. The highest BCUT2D eigenvalue weighted by Crippen LogP contribution is 2.34. The van der Waals surface area contributed by atoms with E-state index < -0.39 is 0 Å². The monoisotopic (exact) mass is 316 g/mol. The second-order valence-electron chi connectivity index (χ2n) is 7.06. The van der Waals surface area contributed by atoms with E-state index in [4.69, 9.17) is 4.74 Å². The van der Waals surface area contributed by atoms with Crippen LogP contribution in [0.1, 0.15) is 37.8 Å². The first-order chi connectivity index (χ1) is 11.2. The molecule has 0 unspecified atom stereocenters. The predicted molar refractivity (Wildman–Crippen MR) is 86.1 cm³/mol. The third kappa shape index (κ3) is 3.04. The minimum Gasteiger partial charge on any atom is -0.363 e. The Bertz CT molecular complexity index is 572. The summed E-state index contributed by atoms with van der Waals surface area (Å²) in [6.45, 7) is 3.70. The van der Waals surface area contributed by atoms with Crippen LogP contribution in [0.5, 0.6) is 0 Å². The van der Waals surface area contributed by atoms with Crippen molar-refractivity contribution in [3.63, 3.8) is 0 Å². The van der Waals surface area contributed by atoms with Crippen molar-refractivity contribution in [2.75, 3.05) is 18.0 Å². The lowest BCUT2D eigenvalue weighted by atomic mass is 9.90. The average Bonchev–Trinajstić information content (AvgIpc) is 2.94. The Kier molecular flexibility index (Phi) is 3.93. The normalized spacial score (nSPS) is 30.7. The number of nitrogens with zero attached hydrogens (tertiary/aromatic N) is 3. The Hall–Kier alpha value is -1.69. The zero-order valence-electron chi connectivity index (χ0n) is 13.6. The summed E-state index contributed by atoms with van der Waals surface area (Å²) < 4.78 is 6.07. The molecule has 1 aliphatic carbocycles. The summed E-state index contributed by atoms with van der Waals surface area (Å²) >= 11 is 0. The van der Waals surface area contributed by atoms with Crippen molar-refractivity contribution in [2.45, 2.75) is 57.3 Å². The Morgan fingerprint density at radius 3 is 2.87 bits per heavy atom. The van der Waals surface area contributed by atoms with Gasteiger partial charge in [-0.1, -0.05) is 0 Å². The van der Waals surface area contributed by atoms with E-state index in [9.17, 15) is 4.79 Å². The van der Waals surface area contributed by atoms with Crippen molar-refractivity contribution in [1.82, 2.24) is 15.5 Å². The quantitative estimate of drug-likeness (QED) is 0.914. The van der Waals surface area contributed by atoms with Gasteiger partial charge in [-0.3, -0.25) is 4.79 Å². The maximum Gasteiger partial charge on any atom is 0.249 e. The van der Waals surface area contributed by atoms with Crippen LogP contribution in [-0.2, 0) is 9.53 Å². The number of ether oxygens (including phenoxy) is 1. The topological polar surface area (TPSA) is 67.4 Å². The number of piperidine rings is 1. The average molecular weight is 316 g/mol. The third-order valence-electron chi connectivity index (χ3n) is 5.40. The fourth-order valence-electron chi connectivity index (χ4n) is 3.71. The fraction of sp³-hybridized carbons (Fsp3) is 0.706. The molecule has 0 aromatic carbocycles. The van der Waals surface area contributed by atoms with Crippen molar-refractivity contribution >= 4 is 11.7 Å². The second kappa shape index (κ2) is 6.07. The molecule has 6 heteroatoms. The summed E-state index contributed by atoms with van der Waals surface area (Å²) in [5.74, 6) is 1.48. The molecule has 1 amide bonds. The SMILES string of the molecule is Cc1ccc(N2CC[C@@H]3C[C@@H](C(=O)NC4CCC4)O[C@@H]3C2)nn1. The third-order valence-corrected chi connectivity index (χ3v) is 5.40. The molecule has 3 heterocycles. The molecule has 2 aliphatic heterocycles. The minimum atomic E-state index is -0.269. The van der Waals surface area contributed by atoms with Crippen LogP contribution >= 0.6 is 0 Å². The smallest absolute Gasteiger partial charge is 0.249 e. The number of hydrogen-bond acceptors (Lipinski definition) is 5. The van der Waals surface area contributed by atoms with Crippen LogP contribution in [0.3, 0.4) is 0 Å². The van der Waals surface area contributed by atoms with E-state index in [0.29, 0.717) is 12.0 Å². The van der Waals surface area contributed by atoms with E-state index >= 15 is 0 Å². The lowest BCUT2D eigenvalue weighted by Gasteiger charge is -2.34. The number of anilines is 1. The maximum atomic E-state index is 12.3. The number of rotatable bonds is 3. The van der Waals surface area contributed by atoms with Gasteiger partial charge in [0.2, 0.25) is 5.91 Å².